The van der Waals surface area contributed by atoms with Crippen LogP contribution >= 0.6 is 15.9 Å². The van der Waals surface area contributed by atoms with Gasteiger partial charge in [-0.3, -0.25) is 0 Å². The summed E-state index contributed by atoms with van der Waals surface area (Å²) in [6, 6.07) is 7.09. The monoisotopic (exact) mass is 333 g/mol. The molecule has 0 bridgehead atoms. The lowest BCUT2D eigenvalue weighted by Crippen LogP contribution is -2.00. The fraction of sp³-hybridized carbons (Fsp3) is 0.250. The molecule has 2 rings (SSSR count). The van der Waals surface area contributed by atoms with Gasteiger partial charge in [0.15, 0.2) is 0 Å². The van der Waals surface area contributed by atoms with Crippen molar-refractivity contribution in [1.29, 1.82) is 0 Å². The van der Waals surface area contributed by atoms with Crippen LogP contribution in [0.1, 0.15) is 36.3 Å². The maximum atomic E-state index is 11.4. The molecule has 2 aromatic rings. The van der Waals surface area contributed by atoms with Crippen LogP contribution in [-0.4, -0.2) is 16.1 Å². The summed E-state index contributed by atoms with van der Waals surface area (Å²) in [5.41, 5.74) is 1.65. The molecule has 0 atom stereocenters. The second kappa shape index (κ2) is 6.18. The molecular weight excluding hydrogens is 318 g/mol. The number of pyridine rings is 1. The van der Waals surface area contributed by atoms with E-state index in [-0.39, 0.29) is 5.56 Å². The lowest BCUT2D eigenvalue weighted by Gasteiger charge is -2.05. The number of carboxylic acid groups (broad SMARTS) is 1. The van der Waals surface area contributed by atoms with Crippen LogP contribution in [0.15, 0.2) is 34.8 Å². The molecule has 1 N–H and O–H groups in total. The normalized spacial score (nSPS) is 11.6. The number of hydrogen-bond acceptors (Lipinski definition) is 2. The molecule has 0 amide bonds. The first-order chi connectivity index (χ1) is 9.47. The summed E-state index contributed by atoms with van der Waals surface area (Å²) in [4.78, 5) is 15.9. The Kier molecular flexibility index (Phi) is 4.55. The number of fused-ring (bicyclic) bond motifs is 1. The van der Waals surface area contributed by atoms with Gasteiger partial charge in [0, 0.05) is 9.86 Å². The number of rotatable bonds is 4. The van der Waals surface area contributed by atoms with Crippen molar-refractivity contribution in [3.8, 4) is 0 Å². The van der Waals surface area contributed by atoms with Crippen LogP contribution in [-0.2, 0) is 0 Å². The number of hydrogen-bond donors (Lipinski definition) is 1. The first-order valence-electron chi connectivity index (χ1n) is 6.47. The third-order valence-electron chi connectivity index (χ3n) is 2.92. The number of nitrogens with zero attached hydrogens (tertiary/aromatic N) is 1. The van der Waals surface area contributed by atoms with Crippen LogP contribution < -0.4 is 0 Å². The van der Waals surface area contributed by atoms with Crippen molar-refractivity contribution in [2.24, 2.45) is 5.92 Å². The SMILES string of the molecule is CC(C)C/C=C/c1cc(C(=O)O)c2cc(Br)ccc2n1. The Balaban J connectivity index is 2.51. The maximum absolute atomic E-state index is 11.4. The molecule has 0 saturated heterocycles. The molecule has 0 fully saturated rings. The Morgan fingerprint density at radius 1 is 1.40 bits per heavy atom. The van der Waals surface area contributed by atoms with E-state index in [1.165, 1.54) is 0 Å². The van der Waals surface area contributed by atoms with E-state index in [0.717, 1.165) is 10.9 Å². The van der Waals surface area contributed by atoms with Crippen LogP contribution in [0.2, 0.25) is 0 Å². The molecule has 20 heavy (non-hydrogen) atoms. The smallest absolute Gasteiger partial charge is 0.336 e. The van der Waals surface area contributed by atoms with E-state index < -0.39 is 5.97 Å². The predicted octanol–water partition coefficient (Wildman–Crippen LogP) is 4.75. The van der Waals surface area contributed by atoms with Crippen LogP contribution in [0, 0.1) is 5.92 Å². The van der Waals surface area contributed by atoms with E-state index >= 15 is 0 Å². The van der Waals surface area contributed by atoms with Gasteiger partial charge in [-0.15, -0.1) is 0 Å². The van der Waals surface area contributed by atoms with Crippen molar-refractivity contribution in [1.82, 2.24) is 4.98 Å². The number of carbonyl (C=O) groups is 1. The molecule has 0 aliphatic heterocycles. The van der Waals surface area contributed by atoms with E-state index in [0.29, 0.717) is 22.5 Å². The minimum atomic E-state index is -0.936. The van der Waals surface area contributed by atoms with Gasteiger partial charge in [-0.2, -0.15) is 0 Å². The maximum Gasteiger partial charge on any atom is 0.336 e. The highest BCUT2D eigenvalue weighted by molar-refractivity contribution is 9.10. The van der Waals surface area contributed by atoms with E-state index in [2.05, 4.69) is 34.8 Å². The van der Waals surface area contributed by atoms with Gasteiger partial charge in [-0.1, -0.05) is 35.9 Å². The summed E-state index contributed by atoms with van der Waals surface area (Å²) in [7, 11) is 0. The van der Waals surface area contributed by atoms with Crippen molar-refractivity contribution in [2.75, 3.05) is 0 Å². The Morgan fingerprint density at radius 3 is 2.80 bits per heavy atom. The molecule has 1 aromatic heterocycles. The summed E-state index contributed by atoms with van der Waals surface area (Å²) >= 11 is 3.36. The summed E-state index contributed by atoms with van der Waals surface area (Å²) in [5, 5.41) is 9.99. The third kappa shape index (κ3) is 3.45. The highest BCUT2D eigenvalue weighted by Crippen LogP contribution is 2.23. The highest BCUT2D eigenvalue weighted by atomic mass is 79.9. The summed E-state index contributed by atoms with van der Waals surface area (Å²) < 4.78 is 0.845. The average molecular weight is 334 g/mol. The van der Waals surface area contributed by atoms with Crippen molar-refractivity contribution >= 4 is 38.9 Å². The highest BCUT2D eigenvalue weighted by Gasteiger charge is 2.11. The van der Waals surface area contributed by atoms with Crippen LogP contribution in [0.3, 0.4) is 0 Å². The quantitative estimate of drug-likeness (QED) is 0.877. The Morgan fingerprint density at radius 2 is 2.15 bits per heavy atom. The lowest BCUT2D eigenvalue weighted by atomic mass is 10.1. The van der Waals surface area contributed by atoms with Gasteiger partial charge in [-0.05, 0) is 42.7 Å². The predicted molar refractivity (Wildman–Crippen MR) is 84.9 cm³/mol. The Bertz CT molecular complexity index is 677. The van der Waals surface area contributed by atoms with Gasteiger partial charge in [0.25, 0.3) is 0 Å². The van der Waals surface area contributed by atoms with E-state index in [1.54, 1.807) is 12.1 Å². The van der Waals surface area contributed by atoms with Gasteiger partial charge >= 0.3 is 5.97 Å². The lowest BCUT2D eigenvalue weighted by molar-refractivity contribution is 0.0699. The molecule has 1 heterocycles. The van der Waals surface area contributed by atoms with Crippen LogP contribution in [0.25, 0.3) is 17.0 Å². The standard InChI is InChI=1S/C16H16BrNO2/c1-10(2)4-3-5-12-9-14(16(19)20)13-8-11(17)6-7-15(13)18-12/h3,5-10H,4H2,1-2H3,(H,19,20)/b5-3+. The minimum absolute atomic E-state index is 0.278. The molecule has 4 heteroatoms. The molecule has 104 valence electrons. The van der Waals surface area contributed by atoms with Crippen molar-refractivity contribution < 1.29 is 9.90 Å². The molecular formula is C16H16BrNO2. The molecule has 0 spiro atoms. The fourth-order valence-electron chi connectivity index (χ4n) is 1.94. The minimum Gasteiger partial charge on any atom is -0.478 e. The van der Waals surface area contributed by atoms with Gasteiger partial charge in [0.05, 0.1) is 16.8 Å². The van der Waals surface area contributed by atoms with E-state index in [1.807, 2.05) is 24.3 Å². The fourth-order valence-corrected chi connectivity index (χ4v) is 2.30. The third-order valence-corrected chi connectivity index (χ3v) is 3.41. The van der Waals surface area contributed by atoms with Crippen molar-refractivity contribution in [2.45, 2.75) is 20.3 Å². The molecule has 3 nitrogen and oxygen atoms in total. The summed E-state index contributed by atoms with van der Waals surface area (Å²) in [6.07, 6.45) is 4.86. The molecule has 0 saturated carbocycles. The van der Waals surface area contributed by atoms with Gasteiger partial charge in [-0.25, -0.2) is 9.78 Å². The van der Waals surface area contributed by atoms with Crippen LogP contribution in [0.4, 0.5) is 0 Å². The first kappa shape index (κ1) is 14.7. The number of halogens is 1. The van der Waals surface area contributed by atoms with E-state index in [9.17, 15) is 9.90 Å². The number of aromatic carboxylic acids is 1. The molecule has 0 aliphatic carbocycles. The second-order valence-corrected chi connectivity index (χ2v) is 6.01. The molecule has 1 aromatic carbocycles. The number of allylic oxidation sites excluding steroid dienone is 1. The first-order valence-corrected chi connectivity index (χ1v) is 7.27. The largest absolute Gasteiger partial charge is 0.478 e. The second-order valence-electron chi connectivity index (χ2n) is 5.09. The molecule has 0 unspecified atom stereocenters. The van der Waals surface area contributed by atoms with Crippen LogP contribution in [0.5, 0.6) is 0 Å². The number of carboxylic acids is 1. The van der Waals surface area contributed by atoms with Crippen molar-refractivity contribution in [3.05, 3.63) is 46.1 Å². The Labute approximate surface area is 126 Å². The number of benzene rings is 1. The Hall–Kier alpha value is -1.68. The molecule has 0 aliphatic rings. The summed E-state index contributed by atoms with van der Waals surface area (Å²) in [5.74, 6) is -0.365. The average Bonchev–Trinajstić information content (AvgIpc) is 2.37. The van der Waals surface area contributed by atoms with Gasteiger partial charge in [0.1, 0.15) is 0 Å². The zero-order chi connectivity index (χ0) is 14.7. The summed E-state index contributed by atoms with van der Waals surface area (Å²) in [6.45, 7) is 4.27. The molecule has 0 radical (unpaired) electrons. The topological polar surface area (TPSA) is 50.2 Å². The zero-order valence-electron chi connectivity index (χ0n) is 11.4. The van der Waals surface area contributed by atoms with Gasteiger partial charge < -0.3 is 5.11 Å². The van der Waals surface area contributed by atoms with Crippen molar-refractivity contribution in [3.63, 3.8) is 0 Å². The number of aromatic nitrogens is 1. The zero-order valence-corrected chi connectivity index (χ0v) is 13.0. The van der Waals surface area contributed by atoms with Gasteiger partial charge in [0.2, 0.25) is 0 Å². The van der Waals surface area contributed by atoms with E-state index in [4.69, 9.17) is 0 Å².